The fraction of sp³-hybridized carbons (Fsp3) is 0.263. The van der Waals surface area contributed by atoms with Crippen LogP contribution < -0.4 is 0 Å². The summed E-state index contributed by atoms with van der Waals surface area (Å²) in [6.07, 6.45) is 1.12. The van der Waals surface area contributed by atoms with Crippen LogP contribution in [0.5, 0.6) is 0 Å². The van der Waals surface area contributed by atoms with Crippen LogP contribution in [-0.4, -0.2) is 35.1 Å². The molecule has 4 heteroatoms. The van der Waals surface area contributed by atoms with Crippen molar-refractivity contribution in [3.63, 3.8) is 0 Å². The van der Waals surface area contributed by atoms with Crippen LogP contribution in [-0.2, 0) is 0 Å². The molecule has 2 aromatic carbocycles. The first-order chi connectivity index (χ1) is 11.2. The minimum absolute atomic E-state index is 0.0679. The number of β-amino-alcohol motifs (C(OH)–C–C–N with tert-alkyl or cyclic N) is 1. The van der Waals surface area contributed by atoms with Gasteiger partial charge in [0.25, 0.3) is 5.91 Å². The number of carbonyl (C=O) groups excluding carboxylic acids is 1. The Morgan fingerprint density at radius 2 is 2.04 bits per heavy atom. The third kappa shape index (κ3) is 3.25. The summed E-state index contributed by atoms with van der Waals surface area (Å²) >= 11 is 0. The molecule has 23 heavy (non-hydrogen) atoms. The normalized spacial score (nSPS) is 17.6. The molecule has 1 amide bonds. The molecule has 1 heterocycles. The quantitative estimate of drug-likeness (QED) is 0.928. The number of carbonyl (C=O) groups is 1. The van der Waals surface area contributed by atoms with Crippen molar-refractivity contribution in [2.45, 2.75) is 18.9 Å². The van der Waals surface area contributed by atoms with Crippen molar-refractivity contribution in [2.24, 2.45) is 0 Å². The number of amides is 1. The zero-order valence-electron chi connectivity index (χ0n) is 12.8. The van der Waals surface area contributed by atoms with Gasteiger partial charge in [-0.3, -0.25) is 4.79 Å². The van der Waals surface area contributed by atoms with Crippen molar-refractivity contribution < 1.29 is 9.90 Å². The van der Waals surface area contributed by atoms with E-state index in [4.69, 9.17) is 5.26 Å². The lowest BCUT2D eigenvalue weighted by Gasteiger charge is -2.30. The van der Waals surface area contributed by atoms with Gasteiger partial charge in [-0.2, -0.15) is 5.26 Å². The summed E-state index contributed by atoms with van der Waals surface area (Å²) in [6.45, 7) is 1.05. The van der Waals surface area contributed by atoms with Crippen molar-refractivity contribution in [1.82, 2.24) is 4.90 Å². The molecule has 1 unspecified atom stereocenters. The van der Waals surface area contributed by atoms with E-state index in [0.717, 1.165) is 24.0 Å². The van der Waals surface area contributed by atoms with Crippen LogP contribution in [0.25, 0.3) is 11.1 Å². The third-order valence-electron chi connectivity index (χ3n) is 4.14. The van der Waals surface area contributed by atoms with Crippen LogP contribution in [0.4, 0.5) is 0 Å². The number of piperidine rings is 1. The molecule has 3 rings (SSSR count). The Labute approximate surface area is 135 Å². The number of aliphatic hydroxyl groups excluding tert-OH is 1. The summed E-state index contributed by atoms with van der Waals surface area (Å²) < 4.78 is 0. The molecule has 1 aliphatic heterocycles. The lowest BCUT2D eigenvalue weighted by atomic mass is 9.96. The van der Waals surface area contributed by atoms with Crippen molar-refractivity contribution in [3.05, 3.63) is 59.7 Å². The first kappa shape index (κ1) is 15.3. The van der Waals surface area contributed by atoms with Gasteiger partial charge in [0, 0.05) is 18.7 Å². The van der Waals surface area contributed by atoms with Gasteiger partial charge in [-0.05, 0) is 42.2 Å². The standard InChI is InChI=1S/C19H18N2O2/c20-12-14-5-3-6-15(11-14)17-8-1-2-9-18(17)19(23)21-10-4-7-16(22)13-21/h1-3,5-6,8-9,11,16,22H,4,7,10,13H2. The Morgan fingerprint density at radius 3 is 2.83 bits per heavy atom. The number of hydrogen-bond acceptors (Lipinski definition) is 3. The molecule has 0 aromatic heterocycles. The zero-order valence-corrected chi connectivity index (χ0v) is 12.8. The van der Waals surface area contributed by atoms with Gasteiger partial charge >= 0.3 is 0 Å². The molecule has 0 aliphatic carbocycles. The maximum atomic E-state index is 12.8. The number of likely N-dealkylation sites (tertiary alicyclic amines) is 1. The van der Waals surface area contributed by atoms with Crippen molar-refractivity contribution in [2.75, 3.05) is 13.1 Å². The molecule has 1 saturated heterocycles. The number of benzene rings is 2. The number of nitrogens with zero attached hydrogens (tertiary/aromatic N) is 2. The zero-order chi connectivity index (χ0) is 16.2. The Kier molecular flexibility index (Phi) is 4.40. The SMILES string of the molecule is N#Cc1cccc(-c2ccccc2C(=O)N2CCCC(O)C2)c1. The molecular weight excluding hydrogens is 288 g/mol. The van der Waals surface area contributed by atoms with Gasteiger partial charge in [0.05, 0.1) is 17.7 Å². The molecule has 0 spiro atoms. The second kappa shape index (κ2) is 6.64. The lowest BCUT2D eigenvalue weighted by Crippen LogP contribution is -2.42. The number of aliphatic hydroxyl groups is 1. The fourth-order valence-electron chi connectivity index (χ4n) is 2.99. The number of nitriles is 1. The highest BCUT2D eigenvalue weighted by Crippen LogP contribution is 2.26. The fourth-order valence-corrected chi connectivity index (χ4v) is 2.99. The van der Waals surface area contributed by atoms with Crippen molar-refractivity contribution in [1.29, 1.82) is 5.26 Å². The summed E-state index contributed by atoms with van der Waals surface area (Å²) in [4.78, 5) is 14.6. The Bertz CT molecular complexity index is 764. The molecule has 0 saturated carbocycles. The molecule has 1 atom stereocenters. The van der Waals surface area contributed by atoms with Crippen LogP contribution in [0.1, 0.15) is 28.8 Å². The highest BCUT2D eigenvalue weighted by molar-refractivity contribution is 6.01. The summed E-state index contributed by atoms with van der Waals surface area (Å²) in [6, 6.07) is 16.8. The molecule has 1 fully saturated rings. The van der Waals surface area contributed by atoms with E-state index in [-0.39, 0.29) is 5.91 Å². The Balaban J connectivity index is 1.97. The Hall–Kier alpha value is -2.64. The second-order valence-corrected chi connectivity index (χ2v) is 5.79. The van der Waals surface area contributed by atoms with Crippen LogP contribution >= 0.6 is 0 Å². The highest BCUT2D eigenvalue weighted by atomic mass is 16.3. The highest BCUT2D eigenvalue weighted by Gasteiger charge is 2.24. The minimum atomic E-state index is -0.443. The van der Waals surface area contributed by atoms with E-state index in [0.29, 0.717) is 24.2 Å². The molecule has 0 radical (unpaired) electrons. The first-order valence-corrected chi connectivity index (χ1v) is 7.76. The van der Waals surface area contributed by atoms with Gasteiger partial charge in [0.1, 0.15) is 0 Å². The third-order valence-corrected chi connectivity index (χ3v) is 4.14. The lowest BCUT2D eigenvalue weighted by molar-refractivity contribution is 0.0474. The van der Waals surface area contributed by atoms with E-state index in [1.54, 1.807) is 23.1 Å². The second-order valence-electron chi connectivity index (χ2n) is 5.79. The molecule has 4 nitrogen and oxygen atoms in total. The van der Waals surface area contributed by atoms with Crippen LogP contribution in [0, 0.1) is 11.3 Å². The molecule has 2 aromatic rings. The van der Waals surface area contributed by atoms with Crippen molar-refractivity contribution >= 4 is 5.91 Å². The molecule has 1 aliphatic rings. The van der Waals surface area contributed by atoms with Crippen LogP contribution in [0.15, 0.2) is 48.5 Å². The van der Waals surface area contributed by atoms with E-state index in [1.165, 1.54) is 0 Å². The minimum Gasteiger partial charge on any atom is -0.391 e. The van der Waals surface area contributed by atoms with Crippen LogP contribution in [0.2, 0.25) is 0 Å². The number of hydrogen-bond donors (Lipinski definition) is 1. The predicted octanol–water partition coefficient (Wildman–Crippen LogP) is 2.82. The van der Waals surface area contributed by atoms with Gasteiger partial charge in [-0.15, -0.1) is 0 Å². The molecule has 1 N–H and O–H groups in total. The van der Waals surface area contributed by atoms with E-state index >= 15 is 0 Å². The molecule has 116 valence electrons. The monoisotopic (exact) mass is 306 g/mol. The maximum Gasteiger partial charge on any atom is 0.254 e. The summed E-state index contributed by atoms with van der Waals surface area (Å²) in [5.41, 5.74) is 2.84. The summed E-state index contributed by atoms with van der Waals surface area (Å²) in [5.74, 6) is -0.0679. The Morgan fingerprint density at radius 1 is 1.22 bits per heavy atom. The van der Waals surface area contributed by atoms with Gasteiger partial charge in [-0.1, -0.05) is 30.3 Å². The molecule has 0 bridgehead atoms. The van der Waals surface area contributed by atoms with Gasteiger partial charge < -0.3 is 10.0 Å². The average Bonchev–Trinajstić information content (AvgIpc) is 2.61. The topological polar surface area (TPSA) is 64.3 Å². The maximum absolute atomic E-state index is 12.8. The number of rotatable bonds is 2. The van der Waals surface area contributed by atoms with Gasteiger partial charge in [-0.25, -0.2) is 0 Å². The van der Waals surface area contributed by atoms with Gasteiger partial charge in [0.15, 0.2) is 0 Å². The van der Waals surface area contributed by atoms with E-state index in [1.807, 2.05) is 30.3 Å². The van der Waals surface area contributed by atoms with E-state index in [2.05, 4.69) is 6.07 Å². The van der Waals surface area contributed by atoms with E-state index < -0.39 is 6.10 Å². The van der Waals surface area contributed by atoms with Crippen molar-refractivity contribution in [3.8, 4) is 17.2 Å². The van der Waals surface area contributed by atoms with E-state index in [9.17, 15) is 9.90 Å². The smallest absolute Gasteiger partial charge is 0.254 e. The summed E-state index contributed by atoms with van der Waals surface area (Å²) in [5, 5.41) is 18.9. The van der Waals surface area contributed by atoms with Crippen LogP contribution in [0.3, 0.4) is 0 Å². The predicted molar refractivity (Wildman–Crippen MR) is 87.7 cm³/mol. The molecular formula is C19H18N2O2. The largest absolute Gasteiger partial charge is 0.391 e. The average molecular weight is 306 g/mol. The van der Waals surface area contributed by atoms with Gasteiger partial charge in [0.2, 0.25) is 0 Å². The first-order valence-electron chi connectivity index (χ1n) is 7.76. The summed E-state index contributed by atoms with van der Waals surface area (Å²) in [7, 11) is 0.